The number of nitrogens with one attached hydrogen (secondary N) is 1. The quantitative estimate of drug-likeness (QED) is 0.676. The molecule has 1 N–H and O–H groups in total. The van der Waals surface area contributed by atoms with Crippen molar-refractivity contribution in [2.45, 2.75) is 50.7 Å². The summed E-state index contributed by atoms with van der Waals surface area (Å²) < 4.78 is 27.6. The maximum absolute atomic E-state index is 12.9. The largest absolute Gasteiger partial charge is 0.298 e. The third-order valence-electron chi connectivity index (χ3n) is 4.69. The summed E-state index contributed by atoms with van der Waals surface area (Å²) in [5.74, 6) is 0.0461. The Morgan fingerprint density at radius 1 is 1.38 bits per heavy atom. The van der Waals surface area contributed by atoms with Crippen molar-refractivity contribution in [1.29, 1.82) is 0 Å². The Kier molecular flexibility index (Phi) is 5.29. The fraction of sp³-hybridized carbons (Fsp3) is 0.444. The molecule has 3 rings (SSSR count). The van der Waals surface area contributed by atoms with Crippen LogP contribution in [0.2, 0.25) is 0 Å². The second kappa shape index (κ2) is 7.05. The van der Waals surface area contributed by atoms with Gasteiger partial charge in [0, 0.05) is 16.3 Å². The van der Waals surface area contributed by atoms with Gasteiger partial charge in [-0.1, -0.05) is 22.0 Å². The van der Waals surface area contributed by atoms with Gasteiger partial charge in [0.2, 0.25) is 10.0 Å². The van der Waals surface area contributed by atoms with Crippen molar-refractivity contribution in [3.05, 3.63) is 44.9 Å². The summed E-state index contributed by atoms with van der Waals surface area (Å²) in [4.78, 5) is 17.3. The molecular formula is C18H21BrN2O3S2. The van der Waals surface area contributed by atoms with Gasteiger partial charge in [0.15, 0.2) is 5.13 Å². The van der Waals surface area contributed by atoms with E-state index in [1.165, 1.54) is 11.3 Å². The number of carbonyl (C=O) groups excluding carboxylic acids is 1. The molecule has 26 heavy (non-hydrogen) atoms. The molecule has 1 aromatic carbocycles. The molecule has 1 aliphatic carbocycles. The number of rotatable bonds is 7. The average Bonchev–Trinajstić information content (AvgIpc) is 3.31. The Hall–Kier alpha value is -1.25. The summed E-state index contributed by atoms with van der Waals surface area (Å²) in [6.45, 7) is 5.64. The molecular weight excluding hydrogens is 436 g/mol. The van der Waals surface area contributed by atoms with Gasteiger partial charge in [-0.05, 0) is 56.9 Å². The molecule has 0 aliphatic heterocycles. The lowest BCUT2D eigenvalue weighted by molar-refractivity contribution is -0.122. The van der Waals surface area contributed by atoms with E-state index < -0.39 is 15.4 Å². The highest BCUT2D eigenvalue weighted by Crippen LogP contribution is 2.33. The summed E-state index contributed by atoms with van der Waals surface area (Å²) in [7, 11) is -3.34. The molecule has 0 amide bonds. The summed E-state index contributed by atoms with van der Waals surface area (Å²) in [6.07, 6.45) is 1.71. The van der Waals surface area contributed by atoms with Crippen LogP contribution in [0.1, 0.15) is 43.5 Å². The molecule has 140 valence electrons. The SMILES string of the molecule is Cc1cc(Br)ccc1CC(=O)C(C)(C)c1csc(NS(=O)(=O)C2CC2)n1. The van der Waals surface area contributed by atoms with Gasteiger partial charge in [-0.15, -0.1) is 11.3 Å². The zero-order chi connectivity index (χ0) is 19.1. The molecule has 1 fully saturated rings. The first-order valence-electron chi connectivity index (χ1n) is 8.35. The Morgan fingerprint density at radius 2 is 2.08 bits per heavy atom. The Balaban J connectivity index is 1.75. The highest BCUT2D eigenvalue weighted by atomic mass is 79.9. The molecule has 5 nitrogen and oxygen atoms in total. The van der Waals surface area contributed by atoms with Gasteiger partial charge >= 0.3 is 0 Å². The number of anilines is 1. The van der Waals surface area contributed by atoms with Crippen molar-refractivity contribution in [2.75, 3.05) is 4.72 Å². The molecule has 8 heteroatoms. The predicted octanol–water partition coefficient (Wildman–Crippen LogP) is 4.21. The molecule has 0 unspecified atom stereocenters. The first-order chi connectivity index (χ1) is 12.1. The summed E-state index contributed by atoms with van der Waals surface area (Å²) in [5, 5.41) is 1.79. The minimum atomic E-state index is -3.34. The second-order valence-electron chi connectivity index (χ2n) is 7.18. The molecule has 0 saturated heterocycles. The topological polar surface area (TPSA) is 76.1 Å². The highest BCUT2D eigenvalue weighted by molar-refractivity contribution is 9.10. The van der Waals surface area contributed by atoms with Crippen LogP contribution in [0.3, 0.4) is 0 Å². The highest BCUT2D eigenvalue weighted by Gasteiger charge is 2.37. The summed E-state index contributed by atoms with van der Waals surface area (Å²) in [6, 6.07) is 5.86. The third kappa shape index (κ3) is 4.18. The Labute approximate surface area is 166 Å². The van der Waals surface area contributed by atoms with Crippen LogP contribution in [0.25, 0.3) is 0 Å². The standard InChI is InChI=1S/C18H21BrN2O3S2/c1-11-8-13(19)5-4-12(11)9-16(22)18(2,3)15-10-25-17(20-15)21-26(23,24)14-6-7-14/h4-5,8,10,14H,6-7,9H2,1-3H3,(H,20,21). The van der Waals surface area contributed by atoms with Crippen molar-refractivity contribution in [3.8, 4) is 0 Å². The number of aromatic nitrogens is 1. The molecule has 2 aromatic rings. The Bertz CT molecular complexity index is 947. The van der Waals surface area contributed by atoms with E-state index in [9.17, 15) is 13.2 Å². The van der Waals surface area contributed by atoms with Gasteiger partial charge in [0.05, 0.1) is 16.4 Å². The molecule has 0 spiro atoms. The molecule has 0 radical (unpaired) electrons. The first kappa shape index (κ1) is 19.5. The van der Waals surface area contributed by atoms with Crippen molar-refractivity contribution in [2.24, 2.45) is 0 Å². The van der Waals surface area contributed by atoms with E-state index in [0.29, 0.717) is 30.1 Å². The molecule has 1 saturated carbocycles. The van der Waals surface area contributed by atoms with E-state index in [0.717, 1.165) is 15.6 Å². The number of carbonyl (C=O) groups is 1. The lowest BCUT2D eigenvalue weighted by Crippen LogP contribution is -2.31. The summed E-state index contributed by atoms with van der Waals surface area (Å²) in [5.41, 5.74) is 1.84. The average molecular weight is 457 g/mol. The van der Waals surface area contributed by atoms with Gasteiger partial charge in [-0.2, -0.15) is 0 Å². The lowest BCUT2D eigenvalue weighted by Gasteiger charge is -2.21. The number of Topliss-reactive ketones (excluding diaryl/α,β-unsaturated/α-hetero) is 1. The van der Waals surface area contributed by atoms with Crippen molar-refractivity contribution < 1.29 is 13.2 Å². The Morgan fingerprint density at radius 3 is 2.69 bits per heavy atom. The van der Waals surface area contributed by atoms with Gasteiger partial charge in [0.1, 0.15) is 5.78 Å². The van der Waals surface area contributed by atoms with Gasteiger partial charge in [-0.25, -0.2) is 13.4 Å². The van der Waals surface area contributed by atoms with Crippen LogP contribution in [0, 0.1) is 6.92 Å². The van der Waals surface area contributed by atoms with E-state index in [4.69, 9.17) is 0 Å². The number of hydrogen-bond acceptors (Lipinski definition) is 5. The van der Waals surface area contributed by atoms with Crippen LogP contribution < -0.4 is 4.72 Å². The van der Waals surface area contributed by atoms with E-state index in [1.807, 2.05) is 39.0 Å². The summed E-state index contributed by atoms with van der Waals surface area (Å²) >= 11 is 4.65. The van der Waals surface area contributed by atoms with Crippen molar-refractivity contribution in [1.82, 2.24) is 4.98 Å². The minimum absolute atomic E-state index is 0.0461. The molecule has 1 aromatic heterocycles. The monoisotopic (exact) mass is 456 g/mol. The zero-order valence-electron chi connectivity index (χ0n) is 14.9. The lowest BCUT2D eigenvalue weighted by atomic mass is 9.82. The fourth-order valence-electron chi connectivity index (χ4n) is 2.59. The number of benzene rings is 1. The van der Waals surface area contributed by atoms with Crippen molar-refractivity contribution >= 4 is 48.2 Å². The van der Waals surface area contributed by atoms with E-state index >= 15 is 0 Å². The van der Waals surface area contributed by atoms with Crippen LogP contribution >= 0.6 is 27.3 Å². The fourth-order valence-corrected chi connectivity index (χ4v) is 5.54. The maximum atomic E-state index is 12.9. The van der Waals surface area contributed by atoms with Gasteiger partial charge < -0.3 is 0 Å². The van der Waals surface area contributed by atoms with Crippen LogP contribution in [0.15, 0.2) is 28.1 Å². The number of ketones is 1. The van der Waals surface area contributed by atoms with Crippen LogP contribution in [0.5, 0.6) is 0 Å². The van der Waals surface area contributed by atoms with Crippen LogP contribution in [-0.4, -0.2) is 24.4 Å². The van der Waals surface area contributed by atoms with Crippen LogP contribution in [0.4, 0.5) is 5.13 Å². The molecule has 1 aliphatic rings. The number of thiazole rings is 1. The number of halogens is 1. The normalized spacial score (nSPS) is 15.1. The molecule has 1 heterocycles. The van der Waals surface area contributed by atoms with E-state index in [1.54, 1.807) is 5.38 Å². The van der Waals surface area contributed by atoms with E-state index in [2.05, 4.69) is 25.6 Å². The number of aryl methyl sites for hydroxylation is 1. The smallest absolute Gasteiger partial charge is 0.237 e. The molecule has 0 atom stereocenters. The second-order valence-corrected chi connectivity index (χ2v) is 10.9. The zero-order valence-corrected chi connectivity index (χ0v) is 18.1. The first-order valence-corrected chi connectivity index (χ1v) is 11.6. The van der Waals surface area contributed by atoms with E-state index in [-0.39, 0.29) is 11.0 Å². The minimum Gasteiger partial charge on any atom is -0.298 e. The predicted molar refractivity (Wildman–Crippen MR) is 108 cm³/mol. The number of nitrogens with zero attached hydrogens (tertiary/aromatic N) is 1. The number of hydrogen-bond donors (Lipinski definition) is 1. The molecule has 0 bridgehead atoms. The number of sulfonamides is 1. The van der Waals surface area contributed by atoms with Crippen molar-refractivity contribution in [3.63, 3.8) is 0 Å². The van der Waals surface area contributed by atoms with Gasteiger partial charge in [-0.3, -0.25) is 9.52 Å². The maximum Gasteiger partial charge on any atom is 0.237 e. The van der Waals surface area contributed by atoms with Crippen LogP contribution in [-0.2, 0) is 26.7 Å². The third-order valence-corrected chi connectivity index (χ3v) is 7.90. The van der Waals surface area contributed by atoms with Gasteiger partial charge in [0.25, 0.3) is 0 Å².